The highest BCUT2D eigenvalue weighted by molar-refractivity contribution is 14.1. The molecule has 0 aromatic heterocycles. The van der Waals surface area contributed by atoms with Crippen LogP contribution in [0.15, 0.2) is 41.3 Å². The fourth-order valence-corrected chi connectivity index (χ4v) is 4.04. The molecule has 0 spiro atoms. The van der Waals surface area contributed by atoms with Crippen LogP contribution in [0.25, 0.3) is 6.08 Å². The number of imide groups is 1. The van der Waals surface area contributed by atoms with Gasteiger partial charge in [-0.25, -0.2) is 0 Å². The summed E-state index contributed by atoms with van der Waals surface area (Å²) in [6.45, 7) is -0.398. The highest BCUT2D eigenvalue weighted by Crippen LogP contribution is 2.36. The summed E-state index contributed by atoms with van der Waals surface area (Å²) in [4.78, 5) is 37.8. The Morgan fingerprint density at radius 1 is 1.18 bits per heavy atom. The molecule has 1 saturated heterocycles. The Morgan fingerprint density at radius 2 is 1.79 bits per heavy atom. The number of aromatic hydroxyl groups is 1. The van der Waals surface area contributed by atoms with E-state index in [9.17, 15) is 19.5 Å². The zero-order valence-electron chi connectivity index (χ0n) is 13.9. The van der Waals surface area contributed by atoms with Crippen molar-refractivity contribution in [1.82, 2.24) is 4.90 Å². The number of phenols is 1. The number of benzene rings is 2. The maximum absolute atomic E-state index is 12.5. The van der Waals surface area contributed by atoms with E-state index in [2.05, 4.69) is 27.9 Å². The number of carbonyl (C=O) groups is 3. The lowest BCUT2D eigenvalue weighted by Gasteiger charge is -2.12. The highest BCUT2D eigenvalue weighted by atomic mass is 127. The Hall–Kier alpha value is -1.75. The summed E-state index contributed by atoms with van der Waals surface area (Å²) < 4.78 is 1.01. The van der Waals surface area contributed by atoms with Gasteiger partial charge in [-0.1, -0.05) is 23.2 Å². The van der Waals surface area contributed by atoms with Gasteiger partial charge in [0.2, 0.25) is 5.91 Å². The van der Waals surface area contributed by atoms with Gasteiger partial charge in [0.15, 0.2) is 5.75 Å². The Balaban J connectivity index is 1.72. The molecule has 144 valence electrons. The minimum absolute atomic E-state index is 0.0230. The number of hydrogen-bond acceptors (Lipinski definition) is 5. The van der Waals surface area contributed by atoms with Crippen LogP contribution in [0.5, 0.6) is 5.75 Å². The third-order valence-corrected chi connectivity index (χ3v) is 5.84. The summed E-state index contributed by atoms with van der Waals surface area (Å²) in [5.41, 5.74) is 1.02. The second-order valence-electron chi connectivity index (χ2n) is 5.66. The van der Waals surface area contributed by atoms with E-state index in [1.165, 1.54) is 18.2 Å². The van der Waals surface area contributed by atoms with Crippen molar-refractivity contribution in [3.05, 3.63) is 60.5 Å². The van der Waals surface area contributed by atoms with E-state index < -0.39 is 23.6 Å². The van der Waals surface area contributed by atoms with Crippen LogP contribution in [-0.4, -0.2) is 33.6 Å². The van der Waals surface area contributed by atoms with E-state index in [0.29, 0.717) is 23.0 Å². The van der Waals surface area contributed by atoms with Crippen LogP contribution < -0.4 is 5.32 Å². The second-order valence-corrected chi connectivity index (χ2v) is 8.71. The summed E-state index contributed by atoms with van der Waals surface area (Å²) >= 11 is 14.6. The van der Waals surface area contributed by atoms with E-state index in [1.54, 1.807) is 12.1 Å². The van der Waals surface area contributed by atoms with E-state index in [0.717, 1.165) is 8.47 Å². The molecule has 1 heterocycles. The zero-order chi connectivity index (χ0) is 20.4. The number of phenolic OH excluding ortho intramolecular Hbond substituents is 1. The molecule has 0 radical (unpaired) electrons. The molecule has 2 aromatic rings. The van der Waals surface area contributed by atoms with Crippen molar-refractivity contribution in [2.24, 2.45) is 0 Å². The van der Waals surface area contributed by atoms with Crippen LogP contribution in [0.3, 0.4) is 0 Å². The number of thioether (sulfide) groups is 1. The van der Waals surface area contributed by atoms with Gasteiger partial charge in [-0.05, 0) is 82.4 Å². The van der Waals surface area contributed by atoms with Gasteiger partial charge in [-0.2, -0.15) is 0 Å². The van der Waals surface area contributed by atoms with Crippen LogP contribution in [0.1, 0.15) is 5.56 Å². The zero-order valence-corrected chi connectivity index (χ0v) is 18.4. The van der Waals surface area contributed by atoms with Gasteiger partial charge in [-0.3, -0.25) is 19.3 Å². The molecule has 1 aliphatic rings. The summed E-state index contributed by atoms with van der Waals surface area (Å²) in [6, 6.07) is 9.94. The summed E-state index contributed by atoms with van der Waals surface area (Å²) in [5.74, 6) is -1.34. The first kappa shape index (κ1) is 21.0. The molecular formula is C18H11Cl2IN2O4S. The van der Waals surface area contributed by atoms with Gasteiger partial charge < -0.3 is 10.4 Å². The van der Waals surface area contributed by atoms with Gasteiger partial charge in [0.05, 0.1) is 15.0 Å². The van der Waals surface area contributed by atoms with Crippen molar-refractivity contribution >= 4 is 86.4 Å². The first-order valence-corrected chi connectivity index (χ1v) is 10.4. The van der Waals surface area contributed by atoms with Crippen molar-refractivity contribution < 1.29 is 19.5 Å². The molecule has 0 atom stereocenters. The molecule has 0 aliphatic carbocycles. The van der Waals surface area contributed by atoms with E-state index in [1.807, 2.05) is 12.1 Å². The standard InChI is InChI=1S/C18H11Cl2IN2O4S/c19-12-5-9(6-13(20)16(12)25)7-14-17(26)23(18(27)28-14)8-15(24)22-11-3-1-10(21)2-4-11/h1-7,25H,8H2,(H,22,24)/b14-7-. The van der Waals surface area contributed by atoms with Gasteiger partial charge in [-0.15, -0.1) is 0 Å². The van der Waals surface area contributed by atoms with Crippen molar-refractivity contribution in [3.63, 3.8) is 0 Å². The van der Waals surface area contributed by atoms with Gasteiger partial charge >= 0.3 is 0 Å². The molecule has 28 heavy (non-hydrogen) atoms. The molecule has 2 aromatic carbocycles. The molecule has 3 rings (SSSR count). The topological polar surface area (TPSA) is 86.7 Å². The predicted octanol–water partition coefficient (Wildman–Crippen LogP) is 4.98. The predicted molar refractivity (Wildman–Crippen MR) is 119 cm³/mol. The normalized spacial score (nSPS) is 15.4. The molecule has 3 amide bonds. The minimum Gasteiger partial charge on any atom is -0.505 e. The molecule has 0 unspecified atom stereocenters. The second kappa shape index (κ2) is 8.73. The average Bonchev–Trinajstić information content (AvgIpc) is 2.89. The van der Waals surface area contributed by atoms with Crippen LogP contribution >= 0.6 is 57.6 Å². The Morgan fingerprint density at radius 3 is 2.39 bits per heavy atom. The highest BCUT2D eigenvalue weighted by Gasteiger charge is 2.36. The van der Waals surface area contributed by atoms with Gasteiger partial charge in [0, 0.05) is 9.26 Å². The monoisotopic (exact) mass is 548 g/mol. The number of nitrogens with one attached hydrogen (secondary N) is 1. The van der Waals surface area contributed by atoms with Crippen LogP contribution in [0.2, 0.25) is 10.0 Å². The van der Waals surface area contributed by atoms with E-state index in [4.69, 9.17) is 23.2 Å². The number of amides is 3. The Kier molecular flexibility index (Phi) is 6.54. The SMILES string of the molecule is O=C(CN1C(=O)S/C(=C\c2cc(Cl)c(O)c(Cl)c2)C1=O)Nc1ccc(I)cc1. The molecule has 1 fully saturated rings. The lowest BCUT2D eigenvalue weighted by atomic mass is 10.2. The molecular weight excluding hydrogens is 538 g/mol. The van der Waals surface area contributed by atoms with Crippen molar-refractivity contribution in [1.29, 1.82) is 0 Å². The minimum atomic E-state index is -0.590. The molecule has 0 saturated carbocycles. The number of rotatable bonds is 4. The van der Waals surface area contributed by atoms with E-state index in [-0.39, 0.29) is 20.7 Å². The van der Waals surface area contributed by atoms with Crippen LogP contribution in [0, 0.1) is 3.57 Å². The average molecular weight is 549 g/mol. The summed E-state index contributed by atoms with van der Waals surface area (Å²) in [7, 11) is 0. The maximum Gasteiger partial charge on any atom is 0.294 e. The van der Waals surface area contributed by atoms with Gasteiger partial charge in [0.25, 0.3) is 11.1 Å². The molecule has 1 aliphatic heterocycles. The van der Waals surface area contributed by atoms with E-state index >= 15 is 0 Å². The number of halogens is 3. The maximum atomic E-state index is 12.5. The lowest BCUT2D eigenvalue weighted by Crippen LogP contribution is -2.36. The van der Waals surface area contributed by atoms with Crippen molar-refractivity contribution in [2.45, 2.75) is 0 Å². The molecule has 6 nitrogen and oxygen atoms in total. The fraction of sp³-hybridized carbons (Fsp3) is 0.0556. The molecule has 10 heteroatoms. The summed E-state index contributed by atoms with van der Waals surface area (Å²) in [6.07, 6.45) is 1.43. The lowest BCUT2D eigenvalue weighted by molar-refractivity contribution is -0.127. The summed E-state index contributed by atoms with van der Waals surface area (Å²) in [5, 5.41) is 11.7. The third kappa shape index (κ3) is 4.80. The number of hydrogen-bond donors (Lipinski definition) is 2. The van der Waals surface area contributed by atoms with Crippen LogP contribution in [0.4, 0.5) is 10.5 Å². The number of nitrogens with zero attached hydrogens (tertiary/aromatic N) is 1. The quantitative estimate of drug-likeness (QED) is 0.416. The smallest absolute Gasteiger partial charge is 0.294 e. The van der Waals surface area contributed by atoms with Crippen molar-refractivity contribution in [2.75, 3.05) is 11.9 Å². The Labute approximate surface area is 188 Å². The number of anilines is 1. The van der Waals surface area contributed by atoms with Crippen LogP contribution in [-0.2, 0) is 9.59 Å². The molecule has 2 N–H and O–H groups in total. The third-order valence-electron chi connectivity index (χ3n) is 3.64. The molecule has 0 bridgehead atoms. The number of carbonyl (C=O) groups excluding carboxylic acids is 3. The first-order chi connectivity index (χ1) is 13.2. The first-order valence-electron chi connectivity index (χ1n) is 7.73. The van der Waals surface area contributed by atoms with Gasteiger partial charge in [0.1, 0.15) is 6.54 Å². The largest absolute Gasteiger partial charge is 0.505 e. The fourth-order valence-electron chi connectivity index (χ4n) is 2.33. The van der Waals surface area contributed by atoms with Crippen molar-refractivity contribution in [3.8, 4) is 5.75 Å². The Bertz CT molecular complexity index is 988.